The topological polar surface area (TPSA) is 25.8 Å². The molecule has 0 saturated heterocycles. The van der Waals surface area contributed by atoms with Crippen LogP contribution in [-0.2, 0) is 0 Å². The average Bonchev–Trinajstić information content (AvgIpc) is 2.27. The lowest BCUT2D eigenvalue weighted by molar-refractivity contribution is 1.36. The Bertz CT molecular complexity index is 400. The lowest BCUT2D eigenvalue weighted by Crippen LogP contribution is -1.96. The summed E-state index contributed by atoms with van der Waals surface area (Å²) >= 11 is 7.05. The molecule has 0 aliphatic rings. The first-order chi connectivity index (χ1) is 5.25. The third-order valence-corrected chi connectivity index (χ3v) is 2.30. The van der Waals surface area contributed by atoms with Gasteiger partial charge in [-0.1, -0.05) is 11.6 Å². The monoisotopic (exact) mass is 180 g/mol. The maximum Gasteiger partial charge on any atom is 0.157 e. The SMILES string of the molecule is [B]c1nc2cc(Cl)ncc2s1. The van der Waals surface area contributed by atoms with Gasteiger partial charge in [0.1, 0.15) is 5.15 Å². The van der Waals surface area contributed by atoms with Crippen molar-refractivity contribution >= 4 is 45.9 Å². The van der Waals surface area contributed by atoms with Crippen LogP contribution >= 0.6 is 22.9 Å². The molecule has 0 aliphatic carbocycles. The molecule has 52 valence electrons. The second kappa shape index (κ2) is 2.46. The molecule has 0 aliphatic heterocycles. The van der Waals surface area contributed by atoms with Crippen molar-refractivity contribution < 1.29 is 0 Å². The summed E-state index contributed by atoms with van der Waals surface area (Å²) in [6.45, 7) is 0. The van der Waals surface area contributed by atoms with Crippen molar-refractivity contribution in [3.63, 3.8) is 0 Å². The van der Waals surface area contributed by atoms with E-state index in [1.54, 1.807) is 12.3 Å². The van der Waals surface area contributed by atoms with Gasteiger partial charge in [0.05, 0.1) is 10.2 Å². The third-order valence-electron chi connectivity index (χ3n) is 1.26. The second-order valence-corrected chi connectivity index (χ2v) is 3.48. The van der Waals surface area contributed by atoms with Crippen molar-refractivity contribution in [2.75, 3.05) is 0 Å². The number of hydrogen-bond acceptors (Lipinski definition) is 3. The molecule has 0 saturated carbocycles. The zero-order chi connectivity index (χ0) is 7.84. The first-order valence-corrected chi connectivity index (χ1v) is 4.13. The molecule has 0 spiro atoms. The van der Waals surface area contributed by atoms with Crippen molar-refractivity contribution in [3.8, 4) is 0 Å². The van der Waals surface area contributed by atoms with Crippen LogP contribution in [-0.4, -0.2) is 17.8 Å². The minimum Gasteiger partial charge on any atom is -0.253 e. The van der Waals surface area contributed by atoms with Crippen molar-refractivity contribution in [2.45, 2.75) is 0 Å². The van der Waals surface area contributed by atoms with Crippen LogP contribution in [0.25, 0.3) is 10.2 Å². The second-order valence-electron chi connectivity index (χ2n) is 2.03. The van der Waals surface area contributed by atoms with Crippen LogP contribution in [0.4, 0.5) is 0 Å². The molecule has 2 aromatic rings. The molecular formula is C6H2BClN2S. The Balaban J connectivity index is 2.82. The number of hydrogen-bond donors (Lipinski definition) is 0. The summed E-state index contributed by atoms with van der Waals surface area (Å²) in [4.78, 5) is 8.49. The molecule has 2 radical (unpaired) electrons. The van der Waals surface area contributed by atoms with Gasteiger partial charge in [0.15, 0.2) is 7.85 Å². The lowest BCUT2D eigenvalue weighted by atomic mass is 10.2. The number of pyridine rings is 1. The predicted molar refractivity (Wildman–Crippen MR) is 47.8 cm³/mol. The highest BCUT2D eigenvalue weighted by Crippen LogP contribution is 2.16. The molecule has 2 heterocycles. The Kier molecular flexibility index (Phi) is 1.58. The van der Waals surface area contributed by atoms with E-state index in [1.807, 2.05) is 0 Å². The zero-order valence-electron chi connectivity index (χ0n) is 5.41. The van der Waals surface area contributed by atoms with E-state index < -0.39 is 0 Å². The van der Waals surface area contributed by atoms with Gasteiger partial charge in [-0.25, -0.2) is 4.98 Å². The number of thiazole rings is 1. The van der Waals surface area contributed by atoms with Crippen LogP contribution in [0, 0.1) is 0 Å². The molecule has 0 N–H and O–H groups in total. The van der Waals surface area contributed by atoms with Gasteiger partial charge in [0.25, 0.3) is 0 Å². The highest BCUT2D eigenvalue weighted by atomic mass is 35.5. The van der Waals surface area contributed by atoms with Gasteiger partial charge in [-0.3, -0.25) is 4.98 Å². The fourth-order valence-corrected chi connectivity index (χ4v) is 1.66. The largest absolute Gasteiger partial charge is 0.253 e. The fourth-order valence-electron chi connectivity index (χ4n) is 0.828. The van der Waals surface area contributed by atoms with Gasteiger partial charge in [0, 0.05) is 17.2 Å². The quantitative estimate of drug-likeness (QED) is 0.449. The summed E-state index contributed by atoms with van der Waals surface area (Å²) in [5, 5.41) is 0.447. The average molecular weight is 180 g/mol. The molecule has 0 unspecified atom stereocenters. The van der Waals surface area contributed by atoms with Gasteiger partial charge in [0.2, 0.25) is 0 Å². The Morgan fingerprint density at radius 2 is 2.36 bits per heavy atom. The van der Waals surface area contributed by atoms with E-state index in [-0.39, 0.29) is 0 Å². The van der Waals surface area contributed by atoms with Gasteiger partial charge in [-0.15, -0.1) is 11.3 Å². The number of aromatic nitrogens is 2. The Labute approximate surface area is 73.6 Å². The number of halogens is 1. The van der Waals surface area contributed by atoms with Gasteiger partial charge in [-0.2, -0.15) is 0 Å². The summed E-state index contributed by atoms with van der Waals surface area (Å²) in [6.07, 6.45) is 1.67. The molecule has 0 atom stereocenters. The van der Waals surface area contributed by atoms with Gasteiger partial charge >= 0.3 is 0 Å². The lowest BCUT2D eigenvalue weighted by Gasteiger charge is -1.86. The molecule has 2 aromatic heterocycles. The Hall–Kier alpha value is -0.605. The molecule has 0 amide bonds. The standard InChI is InChI=1S/C6H2BClN2S/c7-6-10-3-1-5(8)9-2-4(3)11-6/h1-2H. The molecule has 0 bridgehead atoms. The van der Waals surface area contributed by atoms with Crippen molar-refractivity contribution in [1.29, 1.82) is 0 Å². The summed E-state index contributed by atoms with van der Waals surface area (Å²) in [7, 11) is 5.48. The molecule has 5 heteroatoms. The van der Waals surface area contributed by atoms with Crippen LogP contribution < -0.4 is 4.91 Å². The van der Waals surface area contributed by atoms with Gasteiger partial charge in [-0.05, 0) is 0 Å². The van der Waals surface area contributed by atoms with Crippen LogP contribution in [0.2, 0.25) is 5.15 Å². The summed E-state index contributed by atoms with van der Waals surface area (Å²) < 4.78 is 0.965. The summed E-state index contributed by atoms with van der Waals surface area (Å²) in [5.74, 6) is 0. The van der Waals surface area contributed by atoms with Crippen molar-refractivity contribution in [3.05, 3.63) is 17.4 Å². The molecule has 0 aromatic carbocycles. The molecule has 11 heavy (non-hydrogen) atoms. The van der Waals surface area contributed by atoms with Crippen molar-refractivity contribution in [2.24, 2.45) is 0 Å². The van der Waals surface area contributed by atoms with E-state index in [4.69, 9.17) is 19.4 Å². The molecular weight excluding hydrogens is 178 g/mol. The normalized spacial score (nSPS) is 10.6. The highest BCUT2D eigenvalue weighted by Gasteiger charge is 1.99. The molecule has 0 fully saturated rings. The van der Waals surface area contributed by atoms with Crippen LogP contribution in [0.15, 0.2) is 12.3 Å². The minimum absolute atomic E-state index is 0.447. The summed E-state index contributed by atoms with van der Waals surface area (Å²) in [5.41, 5.74) is 0.813. The third kappa shape index (κ3) is 1.24. The zero-order valence-corrected chi connectivity index (χ0v) is 6.99. The fraction of sp³-hybridized carbons (Fsp3) is 0. The van der Waals surface area contributed by atoms with E-state index in [9.17, 15) is 0 Å². The molecule has 2 rings (SSSR count). The maximum atomic E-state index is 5.64. The predicted octanol–water partition coefficient (Wildman–Crippen LogP) is 1.14. The number of nitrogens with zero attached hydrogens (tertiary/aromatic N) is 2. The smallest absolute Gasteiger partial charge is 0.157 e. The van der Waals surface area contributed by atoms with E-state index >= 15 is 0 Å². The van der Waals surface area contributed by atoms with Crippen LogP contribution in [0.5, 0.6) is 0 Å². The van der Waals surface area contributed by atoms with Crippen LogP contribution in [0.3, 0.4) is 0 Å². The summed E-state index contributed by atoms with van der Waals surface area (Å²) in [6, 6.07) is 1.70. The van der Waals surface area contributed by atoms with E-state index in [2.05, 4.69) is 9.97 Å². The highest BCUT2D eigenvalue weighted by molar-refractivity contribution is 7.25. The molecule has 2 nitrogen and oxygen atoms in total. The minimum atomic E-state index is 0.447. The van der Waals surface area contributed by atoms with Crippen LogP contribution in [0.1, 0.15) is 0 Å². The first kappa shape index (κ1) is 7.07. The Morgan fingerprint density at radius 1 is 1.55 bits per heavy atom. The van der Waals surface area contributed by atoms with E-state index in [0.717, 1.165) is 10.2 Å². The Morgan fingerprint density at radius 3 is 3.18 bits per heavy atom. The van der Waals surface area contributed by atoms with E-state index in [1.165, 1.54) is 11.3 Å². The first-order valence-electron chi connectivity index (χ1n) is 2.93. The van der Waals surface area contributed by atoms with Crippen molar-refractivity contribution in [1.82, 2.24) is 9.97 Å². The maximum absolute atomic E-state index is 5.64. The van der Waals surface area contributed by atoms with Gasteiger partial charge < -0.3 is 0 Å². The number of rotatable bonds is 0. The number of fused-ring (bicyclic) bond motifs is 1. The van der Waals surface area contributed by atoms with E-state index in [0.29, 0.717) is 10.1 Å².